The van der Waals surface area contributed by atoms with Gasteiger partial charge in [-0.1, -0.05) is 29.3 Å². The number of hydrogen-bond acceptors (Lipinski definition) is 3. The highest BCUT2D eigenvalue weighted by atomic mass is 35.5. The molecule has 1 amide bonds. The normalized spacial score (nSPS) is 11.3. The molecule has 6 nitrogen and oxygen atoms in total. The van der Waals surface area contributed by atoms with Crippen molar-refractivity contribution in [1.82, 2.24) is 10.6 Å². The zero-order chi connectivity index (χ0) is 16.8. The maximum absolute atomic E-state index is 11.0. The largest absolute Gasteiger partial charge is 0.454 e. The second-order valence-electron chi connectivity index (χ2n) is 4.65. The Morgan fingerprint density at radius 2 is 1.96 bits per heavy atom. The van der Waals surface area contributed by atoms with Crippen molar-refractivity contribution in [3.63, 3.8) is 0 Å². The lowest BCUT2D eigenvalue weighted by molar-refractivity contribution is 0.0972. The molecule has 2 rings (SSSR count). The van der Waals surface area contributed by atoms with E-state index in [4.69, 9.17) is 33.4 Å². The van der Waals surface area contributed by atoms with Gasteiger partial charge in [0.1, 0.15) is 5.76 Å². The van der Waals surface area contributed by atoms with Crippen LogP contribution in [0.25, 0.3) is 0 Å². The molecule has 23 heavy (non-hydrogen) atoms. The fraction of sp³-hybridized carbons (Fsp3) is 0.200. The summed E-state index contributed by atoms with van der Waals surface area (Å²) < 4.78 is 5.28. The average Bonchev–Trinajstić information content (AvgIpc) is 2.98. The fourth-order valence-electron chi connectivity index (χ4n) is 1.84. The van der Waals surface area contributed by atoms with Crippen molar-refractivity contribution >= 4 is 35.1 Å². The summed E-state index contributed by atoms with van der Waals surface area (Å²) in [5, 5.41) is 7.36. The van der Waals surface area contributed by atoms with Gasteiger partial charge in [-0.15, -0.1) is 0 Å². The number of hydrogen-bond donors (Lipinski definition) is 3. The number of nitrogens with two attached hydrogens (primary N) is 1. The number of primary amides is 1. The van der Waals surface area contributed by atoms with Crippen LogP contribution in [0.2, 0.25) is 10.0 Å². The molecule has 1 aromatic carbocycles. The number of halogens is 2. The lowest BCUT2D eigenvalue weighted by Crippen LogP contribution is -2.36. The Kier molecular flexibility index (Phi) is 5.90. The van der Waals surface area contributed by atoms with Gasteiger partial charge in [-0.25, -0.2) is 0 Å². The number of guanidine groups is 1. The van der Waals surface area contributed by atoms with Crippen molar-refractivity contribution < 1.29 is 9.21 Å². The van der Waals surface area contributed by atoms with E-state index < -0.39 is 5.91 Å². The maximum Gasteiger partial charge on any atom is 0.284 e. The summed E-state index contributed by atoms with van der Waals surface area (Å²) >= 11 is 12.0. The molecular formula is C15H16Cl2N4O2. The molecule has 0 saturated heterocycles. The minimum absolute atomic E-state index is 0.123. The second-order valence-corrected chi connectivity index (χ2v) is 5.49. The number of carbonyl (C=O) groups excluding carboxylic acids is 1. The van der Waals surface area contributed by atoms with Crippen LogP contribution in [0.15, 0.2) is 39.7 Å². The zero-order valence-corrected chi connectivity index (χ0v) is 13.9. The van der Waals surface area contributed by atoms with Crippen LogP contribution in [0.5, 0.6) is 0 Å². The molecule has 2 aromatic rings. The topological polar surface area (TPSA) is 92.6 Å². The zero-order valence-electron chi connectivity index (χ0n) is 12.4. The lowest BCUT2D eigenvalue weighted by Gasteiger charge is -2.12. The summed E-state index contributed by atoms with van der Waals surface area (Å²) in [6.45, 7) is 0.849. The van der Waals surface area contributed by atoms with Gasteiger partial charge in [0.15, 0.2) is 11.7 Å². The number of nitrogens with zero attached hydrogens (tertiary/aromatic N) is 1. The van der Waals surface area contributed by atoms with Gasteiger partial charge >= 0.3 is 0 Å². The van der Waals surface area contributed by atoms with Crippen molar-refractivity contribution in [1.29, 1.82) is 0 Å². The quantitative estimate of drug-likeness (QED) is 0.568. The Bertz CT molecular complexity index is 728. The van der Waals surface area contributed by atoms with Crippen LogP contribution >= 0.6 is 23.2 Å². The van der Waals surface area contributed by atoms with Gasteiger partial charge in [0.05, 0.1) is 6.54 Å². The van der Waals surface area contributed by atoms with Crippen molar-refractivity contribution in [2.24, 2.45) is 10.7 Å². The number of nitrogens with one attached hydrogen (secondary N) is 2. The third-order valence-corrected chi connectivity index (χ3v) is 3.61. The van der Waals surface area contributed by atoms with E-state index in [-0.39, 0.29) is 5.76 Å². The van der Waals surface area contributed by atoms with Crippen LogP contribution in [-0.2, 0) is 13.1 Å². The third kappa shape index (κ3) is 4.91. The number of amides is 1. The summed E-state index contributed by atoms with van der Waals surface area (Å²) in [6.07, 6.45) is 0. The molecule has 1 aromatic heterocycles. The number of furan rings is 1. The first-order chi connectivity index (χ1) is 11.0. The molecular weight excluding hydrogens is 339 g/mol. The summed E-state index contributed by atoms with van der Waals surface area (Å²) in [6, 6.07) is 8.51. The molecule has 0 bridgehead atoms. The van der Waals surface area contributed by atoms with E-state index in [0.29, 0.717) is 34.9 Å². The fourth-order valence-corrected chi connectivity index (χ4v) is 2.32. The minimum atomic E-state index is -0.601. The Morgan fingerprint density at radius 3 is 2.57 bits per heavy atom. The van der Waals surface area contributed by atoms with Crippen LogP contribution in [0.3, 0.4) is 0 Å². The number of aliphatic imine (C=N–C) groups is 1. The monoisotopic (exact) mass is 354 g/mol. The van der Waals surface area contributed by atoms with Gasteiger partial charge < -0.3 is 20.8 Å². The van der Waals surface area contributed by atoms with E-state index in [0.717, 1.165) is 5.56 Å². The molecule has 4 N–H and O–H groups in total. The molecule has 122 valence electrons. The first kappa shape index (κ1) is 17.2. The van der Waals surface area contributed by atoms with Crippen LogP contribution < -0.4 is 16.4 Å². The lowest BCUT2D eigenvalue weighted by atomic mass is 10.2. The highest BCUT2D eigenvalue weighted by Gasteiger charge is 2.08. The SMILES string of the molecule is CN=C(NCc1ccc(C(N)=O)o1)NCc1ccc(Cl)cc1Cl. The summed E-state index contributed by atoms with van der Waals surface area (Å²) in [7, 11) is 1.65. The van der Waals surface area contributed by atoms with Crippen molar-refractivity contribution in [2.75, 3.05) is 7.05 Å². The molecule has 0 aliphatic rings. The van der Waals surface area contributed by atoms with E-state index in [1.165, 1.54) is 6.07 Å². The number of benzene rings is 1. The molecule has 0 saturated carbocycles. The average molecular weight is 355 g/mol. The van der Waals surface area contributed by atoms with Gasteiger partial charge in [0, 0.05) is 23.6 Å². The summed E-state index contributed by atoms with van der Waals surface area (Å²) in [4.78, 5) is 15.1. The summed E-state index contributed by atoms with van der Waals surface area (Å²) in [5.41, 5.74) is 6.03. The Labute approximate surface area is 143 Å². The van der Waals surface area contributed by atoms with E-state index in [1.54, 1.807) is 25.2 Å². The molecule has 0 radical (unpaired) electrons. The van der Waals surface area contributed by atoms with Crippen molar-refractivity contribution in [2.45, 2.75) is 13.1 Å². The maximum atomic E-state index is 11.0. The van der Waals surface area contributed by atoms with Crippen molar-refractivity contribution in [3.05, 3.63) is 57.5 Å². The van der Waals surface area contributed by atoms with E-state index in [1.807, 2.05) is 6.07 Å². The van der Waals surface area contributed by atoms with E-state index >= 15 is 0 Å². The molecule has 0 unspecified atom stereocenters. The van der Waals surface area contributed by atoms with Gasteiger partial charge in [-0.05, 0) is 29.8 Å². The molecule has 1 heterocycles. The molecule has 0 aliphatic carbocycles. The first-order valence-corrected chi connectivity index (χ1v) is 7.52. The molecule has 0 spiro atoms. The molecule has 0 fully saturated rings. The van der Waals surface area contributed by atoms with Gasteiger partial charge in [-0.2, -0.15) is 0 Å². The standard InChI is InChI=1S/C15H16Cl2N4O2/c1-19-15(20-7-9-2-3-10(16)6-12(9)17)21-8-11-4-5-13(23-11)14(18)22/h2-6H,7-8H2,1H3,(H2,18,22)(H2,19,20,21). The van der Waals surface area contributed by atoms with Crippen LogP contribution in [0.4, 0.5) is 0 Å². The molecule has 8 heteroatoms. The first-order valence-electron chi connectivity index (χ1n) is 6.76. The Morgan fingerprint density at radius 1 is 1.22 bits per heavy atom. The van der Waals surface area contributed by atoms with Gasteiger partial charge in [0.25, 0.3) is 5.91 Å². The smallest absolute Gasteiger partial charge is 0.284 e. The van der Waals surface area contributed by atoms with E-state index in [9.17, 15) is 4.79 Å². The number of carbonyl (C=O) groups is 1. The van der Waals surface area contributed by atoms with Crippen LogP contribution in [0, 0.1) is 0 Å². The van der Waals surface area contributed by atoms with Crippen LogP contribution in [-0.4, -0.2) is 18.9 Å². The highest BCUT2D eigenvalue weighted by molar-refractivity contribution is 6.35. The minimum Gasteiger partial charge on any atom is -0.454 e. The van der Waals surface area contributed by atoms with Gasteiger partial charge in [0.2, 0.25) is 0 Å². The van der Waals surface area contributed by atoms with Crippen molar-refractivity contribution in [3.8, 4) is 0 Å². The highest BCUT2D eigenvalue weighted by Crippen LogP contribution is 2.20. The predicted octanol–water partition coefficient (Wildman–Crippen LogP) is 2.55. The number of rotatable bonds is 5. The molecule has 0 aliphatic heterocycles. The predicted molar refractivity (Wildman–Crippen MR) is 90.7 cm³/mol. The van der Waals surface area contributed by atoms with Gasteiger partial charge in [-0.3, -0.25) is 9.79 Å². The van der Waals surface area contributed by atoms with Crippen LogP contribution in [0.1, 0.15) is 21.9 Å². The summed E-state index contributed by atoms with van der Waals surface area (Å²) in [5.74, 6) is 0.660. The molecule has 0 atom stereocenters. The Hall–Kier alpha value is -2.18. The van der Waals surface area contributed by atoms with E-state index in [2.05, 4.69) is 15.6 Å². The third-order valence-electron chi connectivity index (χ3n) is 3.02. The Balaban J connectivity index is 1.89. The second kappa shape index (κ2) is 7.89.